The van der Waals surface area contributed by atoms with E-state index in [1.165, 1.54) is 11.0 Å². The standard InChI is InChI=1S/C9H11N5O2/c1-13-5-8(14-6-10-11-12-14)3-2-7(13)4-9(15)16/h2-3,5-7H,4H2,1H3,(H,15,16). The summed E-state index contributed by atoms with van der Waals surface area (Å²) in [4.78, 5) is 12.4. The van der Waals surface area contributed by atoms with Crippen molar-refractivity contribution in [3.8, 4) is 0 Å². The summed E-state index contributed by atoms with van der Waals surface area (Å²) in [6, 6.07) is -0.127. The molecule has 0 radical (unpaired) electrons. The molecular weight excluding hydrogens is 210 g/mol. The van der Waals surface area contributed by atoms with E-state index in [2.05, 4.69) is 15.5 Å². The zero-order valence-electron chi connectivity index (χ0n) is 8.69. The van der Waals surface area contributed by atoms with Crippen molar-refractivity contribution in [2.75, 3.05) is 7.05 Å². The summed E-state index contributed by atoms with van der Waals surface area (Å²) < 4.78 is 1.52. The Morgan fingerprint density at radius 3 is 3.00 bits per heavy atom. The first-order valence-corrected chi connectivity index (χ1v) is 4.74. The van der Waals surface area contributed by atoms with Crippen LogP contribution in [0.15, 0.2) is 24.7 Å². The molecule has 0 amide bonds. The van der Waals surface area contributed by atoms with Crippen LogP contribution in [0.1, 0.15) is 6.42 Å². The lowest BCUT2D eigenvalue weighted by atomic mass is 10.1. The Labute approximate surface area is 91.7 Å². The van der Waals surface area contributed by atoms with Gasteiger partial charge < -0.3 is 10.0 Å². The van der Waals surface area contributed by atoms with Crippen LogP contribution in [0, 0.1) is 0 Å². The maximum atomic E-state index is 10.6. The van der Waals surface area contributed by atoms with Gasteiger partial charge in [0.15, 0.2) is 0 Å². The van der Waals surface area contributed by atoms with Crippen LogP contribution in [-0.2, 0) is 4.79 Å². The van der Waals surface area contributed by atoms with Gasteiger partial charge in [-0.1, -0.05) is 6.08 Å². The SMILES string of the molecule is CN1C=C(n2cnnn2)C=CC1CC(=O)O. The van der Waals surface area contributed by atoms with Crippen molar-refractivity contribution in [1.82, 2.24) is 25.1 Å². The minimum Gasteiger partial charge on any atom is -0.481 e. The van der Waals surface area contributed by atoms with E-state index in [0.29, 0.717) is 0 Å². The fourth-order valence-electron chi connectivity index (χ4n) is 1.50. The van der Waals surface area contributed by atoms with Crippen LogP contribution in [0.4, 0.5) is 0 Å². The number of aliphatic carboxylic acids is 1. The van der Waals surface area contributed by atoms with Gasteiger partial charge in [0.25, 0.3) is 0 Å². The first-order valence-electron chi connectivity index (χ1n) is 4.74. The third-order valence-electron chi connectivity index (χ3n) is 2.35. The summed E-state index contributed by atoms with van der Waals surface area (Å²) in [7, 11) is 1.82. The van der Waals surface area contributed by atoms with Crippen LogP contribution in [0.25, 0.3) is 5.70 Å². The summed E-state index contributed by atoms with van der Waals surface area (Å²) in [5.74, 6) is -0.819. The molecule has 16 heavy (non-hydrogen) atoms. The largest absolute Gasteiger partial charge is 0.481 e. The zero-order chi connectivity index (χ0) is 11.5. The van der Waals surface area contributed by atoms with E-state index in [9.17, 15) is 4.79 Å². The molecule has 0 fully saturated rings. The average Bonchev–Trinajstić information content (AvgIpc) is 2.73. The number of carboxylic acids is 1. The van der Waals surface area contributed by atoms with Crippen molar-refractivity contribution in [3.05, 3.63) is 24.7 Å². The Morgan fingerprint density at radius 1 is 1.62 bits per heavy atom. The second kappa shape index (κ2) is 4.13. The van der Waals surface area contributed by atoms with Crippen LogP contribution < -0.4 is 0 Å². The molecule has 1 N–H and O–H groups in total. The van der Waals surface area contributed by atoms with Gasteiger partial charge >= 0.3 is 5.97 Å². The number of nitrogens with zero attached hydrogens (tertiary/aromatic N) is 5. The predicted molar refractivity (Wildman–Crippen MR) is 55.0 cm³/mol. The summed E-state index contributed by atoms with van der Waals surface area (Å²) in [6.45, 7) is 0. The number of hydrogen-bond donors (Lipinski definition) is 1. The van der Waals surface area contributed by atoms with Crippen LogP contribution in [0.2, 0.25) is 0 Å². The van der Waals surface area contributed by atoms with E-state index in [0.717, 1.165) is 5.70 Å². The number of carboxylic acid groups (broad SMARTS) is 1. The highest BCUT2D eigenvalue weighted by molar-refractivity contribution is 5.69. The third kappa shape index (κ3) is 2.08. The van der Waals surface area contributed by atoms with E-state index in [4.69, 9.17) is 5.11 Å². The first-order chi connectivity index (χ1) is 7.66. The molecule has 0 aliphatic carbocycles. The molecule has 2 rings (SSSR count). The second-order valence-electron chi connectivity index (χ2n) is 3.50. The Balaban J connectivity index is 2.13. The minimum atomic E-state index is -0.819. The maximum absolute atomic E-state index is 10.6. The third-order valence-corrected chi connectivity index (χ3v) is 2.35. The van der Waals surface area contributed by atoms with Gasteiger partial charge in [0.2, 0.25) is 0 Å². The van der Waals surface area contributed by atoms with Crippen molar-refractivity contribution in [3.63, 3.8) is 0 Å². The molecule has 0 bridgehead atoms. The van der Waals surface area contributed by atoms with E-state index in [1.54, 1.807) is 0 Å². The Hall–Kier alpha value is -2.18. The van der Waals surface area contributed by atoms with Gasteiger partial charge in [-0.2, -0.15) is 4.68 Å². The fourth-order valence-corrected chi connectivity index (χ4v) is 1.50. The van der Waals surface area contributed by atoms with E-state index >= 15 is 0 Å². The minimum absolute atomic E-state index is 0.0758. The van der Waals surface area contributed by atoms with Gasteiger partial charge in [-0.05, 0) is 16.5 Å². The van der Waals surface area contributed by atoms with Gasteiger partial charge in [-0.3, -0.25) is 4.79 Å². The van der Waals surface area contributed by atoms with Gasteiger partial charge in [-0.25, -0.2) is 0 Å². The smallest absolute Gasteiger partial charge is 0.305 e. The molecular formula is C9H11N5O2. The predicted octanol–water partition coefficient (Wildman–Crippen LogP) is -0.184. The van der Waals surface area contributed by atoms with Crippen molar-refractivity contribution < 1.29 is 9.90 Å². The Morgan fingerprint density at radius 2 is 2.44 bits per heavy atom. The topological polar surface area (TPSA) is 84.1 Å². The molecule has 1 aliphatic rings. The molecule has 2 heterocycles. The molecule has 1 aromatic rings. The van der Waals surface area contributed by atoms with Crippen LogP contribution in [0.3, 0.4) is 0 Å². The molecule has 0 aromatic carbocycles. The highest BCUT2D eigenvalue weighted by atomic mass is 16.4. The average molecular weight is 221 g/mol. The number of tetrazole rings is 1. The quantitative estimate of drug-likeness (QED) is 0.762. The van der Waals surface area contributed by atoms with Crippen LogP contribution >= 0.6 is 0 Å². The van der Waals surface area contributed by atoms with E-state index in [1.807, 2.05) is 30.3 Å². The van der Waals surface area contributed by atoms with Crippen LogP contribution in [0.5, 0.6) is 0 Å². The van der Waals surface area contributed by atoms with Crippen molar-refractivity contribution in [2.24, 2.45) is 0 Å². The second-order valence-corrected chi connectivity index (χ2v) is 3.50. The number of carbonyl (C=O) groups is 1. The number of hydrogen-bond acceptors (Lipinski definition) is 5. The van der Waals surface area contributed by atoms with Crippen molar-refractivity contribution in [2.45, 2.75) is 12.5 Å². The van der Waals surface area contributed by atoms with Crippen molar-refractivity contribution in [1.29, 1.82) is 0 Å². The highest BCUT2D eigenvalue weighted by Gasteiger charge is 2.17. The first kappa shape index (κ1) is 10.3. The monoisotopic (exact) mass is 221 g/mol. The van der Waals surface area contributed by atoms with Crippen molar-refractivity contribution >= 4 is 11.7 Å². The van der Waals surface area contributed by atoms with Gasteiger partial charge in [0.05, 0.1) is 18.2 Å². The summed E-state index contributed by atoms with van der Waals surface area (Å²) in [5.41, 5.74) is 0.800. The number of rotatable bonds is 3. The Bertz CT molecular complexity index is 437. The molecule has 7 nitrogen and oxygen atoms in total. The normalized spacial score (nSPS) is 19.7. The molecule has 1 atom stereocenters. The molecule has 1 aliphatic heterocycles. The molecule has 1 unspecified atom stereocenters. The molecule has 1 aromatic heterocycles. The van der Waals surface area contributed by atoms with E-state index in [-0.39, 0.29) is 12.5 Å². The van der Waals surface area contributed by atoms with Gasteiger partial charge in [-0.15, -0.1) is 5.10 Å². The summed E-state index contributed by atoms with van der Waals surface area (Å²) >= 11 is 0. The number of allylic oxidation sites excluding steroid dienone is 2. The summed E-state index contributed by atoms with van der Waals surface area (Å²) in [5, 5.41) is 19.5. The highest BCUT2D eigenvalue weighted by Crippen LogP contribution is 2.16. The number of aromatic nitrogens is 4. The number of likely N-dealkylation sites (N-methyl/N-ethyl adjacent to an activating group) is 1. The van der Waals surface area contributed by atoms with Gasteiger partial charge in [0, 0.05) is 13.2 Å². The Kier molecular flexibility index (Phi) is 2.67. The lowest BCUT2D eigenvalue weighted by Gasteiger charge is -2.26. The maximum Gasteiger partial charge on any atom is 0.305 e. The molecule has 0 saturated heterocycles. The lowest BCUT2D eigenvalue weighted by molar-refractivity contribution is -0.137. The van der Waals surface area contributed by atoms with E-state index < -0.39 is 5.97 Å². The summed E-state index contributed by atoms with van der Waals surface area (Å²) in [6.07, 6.45) is 7.01. The molecule has 0 spiro atoms. The molecule has 0 saturated carbocycles. The fraction of sp³-hybridized carbons (Fsp3) is 0.333. The molecule has 84 valence electrons. The zero-order valence-corrected chi connectivity index (χ0v) is 8.69. The molecule has 7 heteroatoms. The lowest BCUT2D eigenvalue weighted by Crippen LogP contribution is -2.30. The van der Waals surface area contributed by atoms with Crippen LogP contribution in [-0.4, -0.2) is 49.3 Å². The van der Waals surface area contributed by atoms with Gasteiger partial charge in [0.1, 0.15) is 6.33 Å².